The summed E-state index contributed by atoms with van der Waals surface area (Å²) in [5.41, 5.74) is 9.46. The summed E-state index contributed by atoms with van der Waals surface area (Å²) in [6.07, 6.45) is 1.51. The first-order valence-electron chi connectivity index (χ1n) is 8.95. The Hall–Kier alpha value is -3.70. The number of benzene rings is 1. The van der Waals surface area contributed by atoms with Crippen LogP contribution in [0.5, 0.6) is 0 Å². The van der Waals surface area contributed by atoms with Crippen LogP contribution in [-0.2, 0) is 0 Å². The van der Waals surface area contributed by atoms with Crippen LogP contribution >= 0.6 is 0 Å². The van der Waals surface area contributed by atoms with Crippen LogP contribution < -0.4 is 11.3 Å². The van der Waals surface area contributed by atoms with Crippen LogP contribution in [0.2, 0.25) is 0 Å². The number of nitrogen functional groups attached to an aromatic ring is 1. The SMILES string of the molecule is Cc1cc2[nH]c(=O)c(N)c(-c3ccc(F)c4[nH]ncc34)c2nc1C#CCN(C)C. The third-order valence-electron chi connectivity index (χ3n) is 4.65. The zero-order chi connectivity index (χ0) is 20.7. The summed E-state index contributed by atoms with van der Waals surface area (Å²) in [5, 5.41) is 7.09. The number of nitrogens with one attached hydrogen (secondary N) is 2. The first-order valence-corrected chi connectivity index (χ1v) is 8.95. The van der Waals surface area contributed by atoms with Crippen molar-refractivity contribution in [3.8, 4) is 23.0 Å². The maximum absolute atomic E-state index is 14.1. The van der Waals surface area contributed by atoms with Gasteiger partial charge in [0.25, 0.3) is 5.56 Å². The molecule has 0 unspecified atom stereocenters. The molecule has 0 saturated heterocycles. The predicted molar refractivity (Wildman–Crippen MR) is 112 cm³/mol. The van der Waals surface area contributed by atoms with Crippen molar-refractivity contribution >= 4 is 27.6 Å². The summed E-state index contributed by atoms with van der Waals surface area (Å²) in [6, 6.07) is 4.72. The molecule has 0 bridgehead atoms. The number of fused-ring (bicyclic) bond motifs is 2. The minimum atomic E-state index is -0.437. The van der Waals surface area contributed by atoms with E-state index in [4.69, 9.17) is 10.7 Å². The van der Waals surface area contributed by atoms with E-state index in [0.29, 0.717) is 39.8 Å². The molecule has 8 heteroatoms. The Morgan fingerprint density at radius 2 is 2.10 bits per heavy atom. The van der Waals surface area contributed by atoms with Crippen molar-refractivity contribution in [1.29, 1.82) is 0 Å². The highest BCUT2D eigenvalue weighted by molar-refractivity contribution is 6.06. The fourth-order valence-corrected chi connectivity index (χ4v) is 3.23. The molecular weight excluding hydrogens is 371 g/mol. The quantitative estimate of drug-likeness (QED) is 0.456. The van der Waals surface area contributed by atoms with E-state index in [0.717, 1.165) is 5.56 Å². The zero-order valence-electron chi connectivity index (χ0n) is 16.2. The molecule has 7 nitrogen and oxygen atoms in total. The number of nitrogens with two attached hydrogens (primary N) is 1. The van der Waals surface area contributed by atoms with E-state index in [1.807, 2.05) is 32.0 Å². The largest absolute Gasteiger partial charge is 0.394 e. The summed E-state index contributed by atoms with van der Waals surface area (Å²) < 4.78 is 14.1. The second-order valence-corrected chi connectivity index (χ2v) is 7.09. The highest BCUT2D eigenvalue weighted by Gasteiger charge is 2.19. The van der Waals surface area contributed by atoms with Crippen molar-refractivity contribution in [3.05, 3.63) is 51.8 Å². The molecule has 1 aromatic carbocycles. The van der Waals surface area contributed by atoms with Gasteiger partial charge in [-0.1, -0.05) is 12.0 Å². The third-order valence-corrected chi connectivity index (χ3v) is 4.65. The first kappa shape index (κ1) is 18.7. The van der Waals surface area contributed by atoms with Crippen molar-refractivity contribution in [2.75, 3.05) is 26.4 Å². The van der Waals surface area contributed by atoms with Crippen molar-refractivity contribution in [2.24, 2.45) is 0 Å². The monoisotopic (exact) mass is 390 g/mol. The number of nitrogens with zero attached hydrogens (tertiary/aromatic N) is 3. The van der Waals surface area contributed by atoms with Gasteiger partial charge in [0.2, 0.25) is 0 Å². The van der Waals surface area contributed by atoms with Gasteiger partial charge in [-0.15, -0.1) is 0 Å². The van der Waals surface area contributed by atoms with Crippen LogP contribution in [0.25, 0.3) is 33.1 Å². The number of H-pyrrole nitrogens is 2. The summed E-state index contributed by atoms with van der Waals surface area (Å²) in [5.74, 6) is 5.71. The molecule has 0 fully saturated rings. The summed E-state index contributed by atoms with van der Waals surface area (Å²) >= 11 is 0. The molecule has 3 heterocycles. The molecule has 29 heavy (non-hydrogen) atoms. The van der Waals surface area contributed by atoms with Crippen molar-refractivity contribution in [2.45, 2.75) is 6.92 Å². The van der Waals surface area contributed by atoms with Crippen LogP contribution in [0.4, 0.5) is 10.1 Å². The molecule has 0 atom stereocenters. The van der Waals surface area contributed by atoms with Gasteiger partial charge < -0.3 is 10.7 Å². The van der Waals surface area contributed by atoms with Crippen LogP contribution in [0.15, 0.2) is 29.2 Å². The van der Waals surface area contributed by atoms with Crippen LogP contribution in [0.3, 0.4) is 0 Å². The Morgan fingerprint density at radius 3 is 2.86 bits per heavy atom. The van der Waals surface area contributed by atoms with E-state index < -0.39 is 11.4 Å². The number of aryl methyl sites for hydroxylation is 1. The Balaban J connectivity index is 2.05. The van der Waals surface area contributed by atoms with Gasteiger partial charge in [-0.3, -0.25) is 14.8 Å². The summed E-state index contributed by atoms with van der Waals surface area (Å²) in [4.78, 5) is 21.9. The van der Waals surface area contributed by atoms with Crippen LogP contribution in [-0.4, -0.2) is 45.7 Å². The molecule has 0 aliphatic heterocycles. The van der Waals surface area contributed by atoms with E-state index >= 15 is 0 Å². The van der Waals surface area contributed by atoms with Crippen LogP contribution in [0.1, 0.15) is 11.3 Å². The Labute approximate surface area is 165 Å². The number of hydrogen-bond donors (Lipinski definition) is 3. The van der Waals surface area contributed by atoms with E-state index in [9.17, 15) is 9.18 Å². The lowest BCUT2D eigenvalue weighted by molar-refractivity contribution is 0.464. The lowest BCUT2D eigenvalue weighted by Crippen LogP contribution is -2.14. The highest BCUT2D eigenvalue weighted by atomic mass is 19.1. The maximum Gasteiger partial charge on any atom is 0.272 e. The van der Waals surface area contributed by atoms with Gasteiger partial charge in [0.05, 0.1) is 23.8 Å². The molecule has 0 amide bonds. The molecule has 0 saturated carbocycles. The van der Waals surface area contributed by atoms with Gasteiger partial charge >= 0.3 is 0 Å². The number of aromatic amines is 2. The zero-order valence-corrected chi connectivity index (χ0v) is 16.2. The number of halogens is 1. The Bertz CT molecular complexity index is 1370. The third kappa shape index (κ3) is 3.22. The number of pyridine rings is 2. The Kier molecular flexibility index (Phi) is 4.53. The molecule has 146 valence electrons. The average molecular weight is 390 g/mol. The molecule has 0 aliphatic carbocycles. The van der Waals surface area contributed by atoms with E-state index in [1.165, 1.54) is 12.3 Å². The van der Waals surface area contributed by atoms with Gasteiger partial charge in [-0.05, 0) is 50.2 Å². The molecule has 0 radical (unpaired) electrons. The lowest BCUT2D eigenvalue weighted by atomic mass is 9.98. The molecule has 4 N–H and O–H groups in total. The molecule has 0 aliphatic rings. The van der Waals surface area contributed by atoms with E-state index in [-0.39, 0.29) is 11.2 Å². The normalized spacial score (nSPS) is 11.2. The number of anilines is 1. The van der Waals surface area contributed by atoms with Crippen molar-refractivity contribution in [1.82, 2.24) is 25.1 Å². The molecule has 4 aromatic rings. The minimum Gasteiger partial charge on any atom is -0.394 e. The molecular formula is C21H19FN6O. The smallest absolute Gasteiger partial charge is 0.272 e. The molecule has 4 rings (SSSR count). The molecule has 0 spiro atoms. The predicted octanol–water partition coefficient (Wildman–Crippen LogP) is 2.41. The highest BCUT2D eigenvalue weighted by Crippen LogP contribution is 2.35. The number of rotatable bonds is 2. The van der Waals surface area contributed by atoms with Gasteiger partial charge in [0, 0.05) is 10.9 Å². The maximum atomic E-state index is 14.1. The van der Waals surface area contributed by atoms with Gasteiger partial charge in [0.15, 0.2) is 0 Å². The lowest BCUT2D eigenvalue weighted by Gasteiger charge is -2.12. The molecule has 3 aromatic heterocycles. The van der Waals surface area contributed by atoms with Crippen LogP contribution in [0, 0.1) is 24.6 Å². The van der Waals surface area contributed by atoms with Crippen molar-refractivity contribution in [3.63, 3.8) is 0 Å². The van der Waals surface area contributed by atoms with E-state index in [1.54, 1.807) is 6.07 Å². The number of aromatic nitrogens is 4. The van der Waals surface area contributed by atoms with Gasteiger partial charge in [-0.25, -0.2) is 9.37 Å². The second kappa shape index (κ2) is 7.04. The van der Waals surface area contributed by atoms with E-state index in [2.05, 4.69) is 27.0 Å². The summed E-state index contributed by atoms with van der Waals surface area (Å²) in [6.45, 7) is 2.47. The fourth-order valence-electron chi connectivity index (χ4n) is 3.23. The van der Waals surface area contributed by atoms with Gasteiger partial charge in [-0.2, -0.15) is 5.10 Å². The first-order chi connectivity index (χ1) is 13.9. The Morgan fingerprint density at radius 1 is 1.31 bits per heavy atom. The standard InChI is InChI=1S/C21H19FN6O/c1-11-9-16-20(25-15(11)5-4-8-28(2)3)17(18(23)21(29)26-16)12-6-7-14(22)19-13(12)10-24-27-19/h6-7,9-10H,8,23H2,1-3H3,(H,24,27)(H,26,29). The van der Waals surface area contributed by atoms with Crippen molar-refractivity contribution < 1.29 is 4.39 Å². The second-order valence-electron chi connectivity index (χ2n) is 7.09. The van der Waals surface area contributed by atoms with Gasteiger partial charge in [0.1, 0.15) is 22.7 Å². The topological polar surface area (TPSA) is 104 Å². The number of hydrogen-bond acceptors (Lipinski definition) is 5. The summed E-state index contributed by atoms with van der Waals surface area (Å²) in [7, 11) is 3.87. The minimum absolute atomic E-state index is 0.00941. The average Bonchev–Trinajstić information content (AvgIpc) is 3.16. The fraction of sp³-hybridized carbons (Fsp3) is 0.190.